The Hall–Kier alpha value is -7.62. The molecule has 2 aliphatic rings. The molecule has 0 spiro atoms. The third kappa shape index (κ3) is 17.0. The molecule has 20 heteroatoms. The van der Waals surface area contributed by atoms with Crippen LogP contribution in [0.25, 0.3) is 33.1 Å². The van der Waals surface area contributed by atoms with Gasteiger partial charge in [-0.05, 0) is 189 Å². The highest BCUT2D eigenvalue weighted by atomic mass is 79.9. The molecule has 8 aromatic rings. The molecule has 0 fully saturated rings. The predicted molar refractivity (Wildman–Crippen MR) is 370 cm³/mol. The summed E-state index contributed by atoms with van der Waals surface area (Å²) in [6.45, 7) is 34.6. The number of carbonyl (C=O) groups is 4. The molecule has 0 saturated carbocycles. The number of amides is 2. The van der Waals surface area contributed by atoms with Gasteiger partial charge in [-0.2, -0.15) is 0 Å². The number of nitrogens with zero attached hydrogens (tertiary/aromatic N) is 2. The Kier molecular flexibility index (Phi) is 22.1. The molecule has 0 radical (unpaired) electrons. The Morgan fingerprint density at radius 3 is 1.39 bits per heavy atom. The summed E-state index contributed by atoms with van der Waals surface area (Å²) < 4.78 is 39.6. The van der Waals surface area contributed by atoms with Crippen LogP contribution in [0, 0.1) is 0 Å². The standard InChI is InChI=1S/C34H40N2O5Si.C20H22BNO5.C14H20BrNO2Si.2CH4/c1-33(2,3)40-32(38)36-28-15-14-25(39-21-22-12-10-9-11-13-22)16-23(28)18-29(36)27-19-26(41-42(7,8)34(4,5)6)17-24-20-35-31(37)30(24)27;1-20(2,3)27-19(23)22-17-10-9-16(11-15(17)12-18(22)21(24)25)26-13-14-7-5-4-6-8-14;1-14(2,3)19(4,5)18-10-6-9-8-16-13(17)12(9)11(15)7-10;;/h9-19H,20-21H2,1-8H3,(H,35,37);4-12,24-25H,13H2,1-3H3;6-7H,8H2,1-5H3,(H,16,17);2*1H4. The van der Waals surface area contributed by atoms with Gasteiger partial charge in [0.15, 0.2) is 0 Å². The maximum atomic E-state index is 13.7. The molecule has 2 aliphatic heterocycles. The zero-order valence-corrected chi connectivity index (χ0v) is 56.9. The SMILES string of the molecule is C.C.CC(C)(C)OC(=O)n1c(-c2cc(O[Si](C)(C)C(C)(C)C)cc3c2C(=O)NC3)cc2cc(OCc3ccccc3)ccc21.CC(C)(C)OC(=O)n1c(B(O)O)cc2cc(OCc3ccccc3)ccc21.CC(C)(C)[Si](C)(C)Oc1cc(Br)c2c(c1)CNC2=O. The number of aromatic nitrogens is 2. The van der Waals surface area contributed by atoms with Gasteiger partial charge in [0.05, 0.1) is 33.4 Å². The van der Waals surface area contributed by atoms with Crippen LogP contribution in [0.15, 0.2) is 138 Å². The van der Waals surface area contributed by atoms with Crippen LogP contribution in [0.2, 0.25) is 36.3 Å². The van der Waals surface area contributed by atoms with Crippen LogP contribution in [0.5, 0.6) is 23.0 Å². The number of hydrogen-bond donors (Lipinski definition) is 4. The minimum Gasteiger partial charge on any atom is -0.543 e. The van der Waals surface area contributed by atoms with E-state index in [2.05, 4.69) is 94.3 Å². The van der Waals surface area contributed by atoms with Crippen molar-refractivity contribution in [2.24, 2.45) is 0 Å². The first kappa shape index (κ1) is 71.5. The van der Waals surface area contributed by atoms with Crippen molar-refractivity contribution in [2.45, 2.75) is 172 Å². The molecule has 480 valence electrons. The van der Waals surface area contributed by atoms with E-state index in [0.717, 1.165) is 43.4 Å². The van der Waals surface area contributed by atoms with Crippen LogP contribution in [0.1, 0.15) is 141 Å². The minimum atomic E-state index is -2.18. The van der Waals surface area contributed by atoms with Crippen LogP contribution >= 0.6 is 15.9 Å². The molecule has 0 bridgehead atoms. The second-order valence-corrected chi connectivity index (χ2v) is 37.4. The smallest absolute Gasteiger partial charge is 0.506 e. The third-order valence-corrected chi connectivity index (χ3v) is 25.1. The zero-order valence-electron chi connectivity index (χ0n) is 53.4. The monoisotopic (exact) mass is 1320 g/mol. The summed E-state index contributed by atoms with van der Waals surface area (Å²) >= 11 is 3.47. The first-order chi connectivity index (χ1) is 41.0. The molecule has 2 aromatic heterocycles. The lowest BCUT2D eigenvalue weighted by Crippen LogP contribution is -2.43. The van der Waals surface area contributed by atoms with Gasteiger partial charge in [0.25, 0.3) is 11.8 Å². The van der Waals surface area contributed by atoms with Crippen molar-refractivity contribution in [1.29, 1.82) is 0 Å². The van der Waals surface area contributed by atoms with E-state index in [4.69, 9.17) is 27.8 Å². The Balaban J connectivity index is 0.000000231. The molecule has 2 amide bonds. The van der Waals surface area contributed by atoms with Gasteiger partial charge in [-0.1, -0.05) is 117 Å². The molecule has 4 N–H and O–H groups in total. The Morgan fingerprint density at radius 2 is 0.944 bits per heavy atom. The van der Waals surface area contributed by atoms with E-state index in [9.17, 15) is 29.2 Å². The normalized spacial score (nSPS) is 13.0. The van der Waals surface area contributed by atoms with E-state index in [1.54, 1.807) is 49.6 Å². The van der Waals surface area contributed by atoms with E-state index in [1.807, 2.05) is 130 Å². The maximum Gasteiger partial charge on any atom is 0.506 e. The van der Waals surface area contributed by atoms with Gasteiger partial charge in [0.1, 0.15) is 47.4 Å². The van der Waals surface area contributed by atoms with Crippen molar-refractivity contribution in [1.82, 2.24) is 19.8 Å². The van der Waals surface area contributed by atoms with E-state index in [-0.39, 0.29) is 42.3 Å². The predicted octanol–water partition coefficient (Wildman–Crippen LogP) is 16.3. The van der Waals surface area contributed by atoms with Crippen molar-refractivity contribution in [3.63, 3.8) is 0 Å². The highest BCUT2D eigenvalue weighted by Crippen LogP contribution is 2.43. The van der Waals surface area contributed by atoms with E-state index in [0.29, 0.717) is 76.8 Å². The second-order valence-electron chi connectivity index (χ2n) is 27.1. The molecule has 90 heavy (non-hydrogen) atoms. The fraction of sp³-hybridized carbons (Fsp3) is 0.371. The van der Waals surface area contributed by atoms with Gasteiger partial charge in [-0.15, -0.1) is 0 Å². The van der Waals surface area contributed by atoms with Crippen LogP contribution in [0.3, 0.4) is 0 Å². The number of fused-ring (bicyclic) bond motifs is 4. The van der Waals surface area contributed by atoms with Gasteiger partial charge in [-0.3, -0.25) is 14.2 Å². The average molecular weight is 1330 g/mol. The molecular formula is C70H90BBrN4O12Si2. The number of carbonyl (C=O) groups excluding carboxylic acids is 4. The maximum absolute atomic E-state index is 13.7. The Bertz CT molecular complexity index is 3890. The van der Waals surface area contributed by atoms with Gasteiger partial charge >= 0.3 is 19.3 Å². The second kappa shape index (κ2) is 27.9. The quantitative estimate of drug-likeness (QED) is 0.0846. The number of rotatable bonds is 12. The third-order valence-electron chi connectivity index (χ3n) is 15.8. The van der Waals surface area contributed by atoms with Gasteiger partial charge < -0.3 is 48.5 Å². The highest BCUT2D eigenvalue weighted by molar-refractivity contribution is 9.10. The van der Waals surface area contributed by atoms with E-state index >= 15 is 0 Å². The number of hydrogen-bond acceptors (Lipinski definition) is 12. The average Bonchev–Trinajstić information content (AvgIpc) is 1.61. The van der Waals surface area contributed by atoms with Gasteiger partial charge in [-0.25, -0.2) is 14.2 Å². The first-order valence-electron chi connectivity index (χ1n) is 29.4. The van der Waals surface area contributed by atoms with Crippen molar-refractivity contribution in [3.05, 3.63) is 171 Å². The van der Waals surface area contributed by atoms with Crippen LogP contribution in [-0.2, 0) is 35.8 Å². The molecule has 16 nitrogen and oxygen atoms in total. The molecule has 4 heterocycles. The van der Waals surface area contributed by atoms with Crippen molar-refractivity contribution in [2.75, 3.05) is 0 Å². The fourth-order valence-electron chi connectivity index (χ4n) is 9.33. The zero-order chi connectivity index (χ0) is 64.5. The number of benzene rings is 6. The van der Waals surface area contributed by atoms with E-state index in [1.165, 1.54) is 4.57 Å². The topological polar surface area (TPSA) is 198 Å². The Morgan fingerprint density at radius 1 is 0.533 bits per heavy atom. The van der Waals surface area contributed by atoms with Crippen LogP contribution < -0.4 is 34.6 Å². The number of ether oxygens (including phenoxy) is 4. The fourth-order valence-corrected chi connectivity index (χ4v) is 12.0. The molecule has 0 saturated heterocycles. The minimum absolute atomic E-state index is 0. The van der Waals surface area contributed by atoms with E-state index < -0.39 is 47.1 Å². The largest absolute Gasteiger partial charge is 0.543 e. The van der Waals surface area contributed by atoms with Crippen molar-refractivity contribution in [3.8, 4) is 34.3 Å². The summed E-state index contributed by atoms with van der Waals surface area (Å²) in [7, 11) is -5.83. The summed E-state index contributed by atoms with van der Waals surface area (Å²) in [5, 5.41) is 26.7. The Labute approximate surface area is 542 Å². The summed E-state index contributed by atoms with van der Waals surface area (Å²) in [6, 6.07) is 41.7. The summed E-state index contributed by atoms with van der Waals surface area (Å²) in [5.41, 5.74) is 6.23. The highest BCUT2D eigenvalue weighted by Gasteiger charge is 2.41. The molecule has 0 aliphatic carbocycles. The van der Waals surface area contributed by atoms with Gasteiger partial charge in [0, 0.05) is 33.9 Å². The molecule has 10 rings (SSSR count). The lowest BCUT2D eigenvalue weighted by molar-refractivity contribution is 0.0536. The van der Waals surface area contributed by atoms with Crippen LogP contribution in [0.4, 0.5) is 9.59 Å². The summed E-state index contributed by atoms with van der Waals surface area (Å²) in [4.78, 5) is 51.1. The van der Waals surface area contributed by atoms with Gasteiger partial charge in [0.2, 0.25) is 16.6 Å². The summed E-state index contributed by atoms with van der Waals surface area (Å²) in [6.07, 6.45) is -1.19. The first-order valence-corrected chi connectivity index (χ1v) is 36.0. The molecule has 0 atom stereocenters. The van der Waals surface area contributed by atoms with Crippen molar-refractivity contribution < 1.29 is 57.0 Å². The molecule has 6 aromatic carbocycles. The summed E-state index contributed by atoms with van der Waals surface area (Å²) in [5.74, 6) is 2.66. The van der Waals surface area contributed by atoms with Crippen LogP contribution in [-0.4, -0.2) is 78.1 Å². The molecule has 0 unspecified atom stereocenters. The molecular weight excluding hydrogens is 1240 g/mol. The number of nitrogens with one attached hydrogen (secondary N) is 2. The van der Waals surface area contributed by atoms with Crippen molar-refractivity contribution >= 4 is 91.1 Å². The lowest BCUT2D eigenvalue weighted by atomic mass is 9.86. The lowest BCUT2D eigenvalue weighted by Gasteiger charge is -2.36. The number of halogens is 1.